The molecule has 106 valence electrons. The van der Waals surface area contributed by atoms with Crippen molar-refractivity contribution in [2.75, 3.05) is 31.1 Å². The number of thiazole rings is 1. The van der Waals surface area contributed by atoms with Gasteiger partial charge in [-0.05, 0) is 20.3 Å². The fourth-order valence-electron chi connectivity index (χ4n) is 2.14. The lowest BCUT2D eigenvalue weighted by molar-refractivity contribution is -0.131. The molecule has 1 unspecified atom stereocenters. The number of anilines is 1. The third kappa shape index (κ3) is 3.91. The molecule has 1 amide bonds. The first-order chi connectivity index (χ1) is 9.06. The van der Waals surface area contributed by atoms with Crippen LogP contribution in [-0.2, 0) is 4.79 Å². The molecule has 19 heavy (non-hydrogen) atoms. The predicted octanol–water partition coefficient (Wildman–Crippen LogP) is 1.23. The summed E-state index contributed by atoms with van der Waals surface area (Å²) in [4.78, 5) is 20.7. The molecule has 1 aliphatic rings. The van der Waals surface area contributed by atoms with Crippen molar-refractivity contribution < 1.29 is 4.79 Å². The molecule has 2 N–H and O–H groups in total. The Labute approximate surface area is 118 Å². The van der Waals surface area contributed by atoms with Crippen molar-refractivity contribution >= 4 is 22.4 Å². The number of hydrogen-bond donors (Lipinski definition) is 1. The van der Waals surface area contributed by atoms with Crippen LogP contribution in [0.2, 0.25) is 0 Å². The first-order valence-corrected chi connectivity index (χ1v) is 7.64. The highest BCUT2D eigenvalue weighted by Crippen LogP contribution is 2.21. The lowest BCUT2D eigenvalue weighted by Gasteiger charge is -2.34. The second-order valence-corrected chi connectivity index (χ2v) is 5.99. The van der Waals surface area contributed by atoms with Gasteiger partial charge in [0, 0.05) is 44.0 Å². The summed E-state index contributed by atoms with van der Waals surface area (Å²) < 4.78 is 0. The minimum atomic E-state index is 0.100. The summed E-state index contributed by atoms with van der Waals surface area (Å²) in [7, 11) is 0. The zero-order valence-corrected chi connectivity index (χ0v) is 12.4. The standard InChI is InChI=1S/C13H22N4OS/c1-10(14)3-4-12(18)16-5-7-17(8-6-16)13-15-11(2)9-19-13/h9-10H,3-8,14H2,1-2H3. The smallest absolute Gasteiger partial charge is 0.222 e. The highest BCUT2D eigenvalue weighted by atomic mass is 32.1. The van der Waals surface area contributed by atoms with Crippen molar-refractivity contribution in [3.63, 3.8) is 0 Å². The van der Waals surface area contributed by atoms with Crippen LogP contribution in [-0.4, -0.2) is 48.0 Å². The van der Waals surface area contributed by atoms with Crippen molar-refractivity contribution in [2.45, 2.75) is 32.7 Å². The number of aryl methyl sites for hydroxylation is 1. The van der Waals surface area contributed by atoms with Crippen LogP contribution in [0.3, 0.4) is 0 Å². The van der Waals surface area contributed by atoms with Gasteiger partial charge in [-0.25, -0.2) is 4.98 Å². The molecular formula is C13H22N4OS. The molecule has 6 heteroatoms. The first-order valence-electron chi connectivity index (χ1n) is 6.76. The Morgan fingerprint density at radius 3 is 2.68 bits per heavy atom. The third-order valence-corrected chi connectivity index (χ3v) is 4.34. The molecule has 0 radical (unpaired) electrons. The maximum Gasteiger partial charge on any atom is 0.222 e. The minimum absolute atomic E-state index is 0.100. The zero-order valence-electron chi connectivity index (χ0n) is 11.6. The SMILES string of the molecule is Cc1csc(N2CCN(C(=O)CCC(C)N)CC2)n1. The van der Waals surface area contributed by atoms with Gasteiger partial charge in [0.1, 0.15) is 0 Å². The molecule has 0 spiro atoms. The van der Waals surface area contributed by atoms with Crippen LogP contribution in [0.25, 0.3) is 0 Å². The lowest BCUT2D eigenvalue weighted by atomic mass is 10.1. The van der Waals surface area contributed by atoms with E-state index in [4.69, 9.17) is 5.73 Å². The molecule has 1 saturated heterocycles. The Balaban J connectivity index is 1.80. The van der Waals surface area contributed by atoms with Crippen molar-refractivity contribution in [1.82, 2.24) is 9.88 Å². The Kier molecular flexibility index (Phi) is 4.76. The molecule has 0 saturated carbocycles. The largest absolute Gasteiger partial charge is 0.345 e. The molecule has 5 nitrogen and oxygen atoms in total. The van der Waals surface area contributed by atoms with E-state index < -0.39 is 0 Å². The Morgan fingerprint density at radius 1 is 1.47 bits per heavy atom. The van der Waals surface area contributed by atoms with E-state index in [1.54, 1.807) is 11.3 Å². The maximum atomic E-state index is 12.0. The molecule has 1 aromatic rings. The first kappa shape index (κ1) is 14.3. The van der Waals surface area contributed by atoms with Gasteiger partial charge in [-0.15, -0.1) is 11.3 Å². The van der Waals surface area contributed by atoms with Gasteiger partial charge in [-0.1, -0.05) is 0 Å². The molecular weight excluding hydrogens is 260 g/mol. The van der Waals surface area contributed by atoms with E-state index >= 15 is 0 Å². The van der Waals surface area contributed by atoms with Crippen LogP contribution in [0.15, 0.2) is 5.38 Å². The van der Waals surface area contributed by atoms with Gasteiger partial charge in [0.05, 0.1) is 5.69 Å². The summed E-state index contributed by atoms with van der Waals surface area (Å²) in [6, 6.07) is 0.100. The van der Waals surface area contributed by atoms with Gasteiger partial charge >= 0.3 is 0 Å². The summed E-state index contributed by atoms with van der Waals surface area (Å²) in [5.74, 6) is 0.229. The lowest BCUT2D eigenvalue weighted by Crippen LogP contribution is -2.48. The quantitative estimate of drug-likeness (QED) is 0.902. The van der Waals surface area contributed by atoms with Crippen LogP contribution in [0, 0.1) is 6.92 Å². The van der Waals surface area contributed by atoms with E-state index in [0.717, 1.165) is 43.4 Å². The average Bonchev–Trinajstić information content (AvgIpc) is 2.83. The number of carbonyl (C=O) groups is 1. The minimum Gasteiger partial charge on any atom is -0.345 e. The number of nitrogens with two attached hydrogens (primary N) is 1. The number of aromatic nitrogens is 1. The number of piperazine rings is 1. The van der Waals surface area contributed by atoms with Crippen molar-refractivity contribution in [3.8, 4) is 0 Å². The van der Waals surface area contributed by atoms with Crippen LogP contribution in [0.1, 0.15) is 25.5 Å². The highest BCUT2D eigenvalue weighted by Gasteiger charge is 2.22. The second kappa shape index (κ2) is 6.34. The van der Waals surface area contributed by atoms with E-state index in [1.807, 2.05) is 18.7 Å². The highest BCUT2D eigenvalue weighted by molar-refractivity contribution is 7.13. The molecule has 2 rings (SSSR count). The molecule has 2 heterocycles. The van der Waals surface area contributed by atoms with Crippen molar-refractivity contribution in [2.24, 2.45) is 5.73 Å². The van der Waals surface area contributed by atoms with Gasteiger partial charge in [0.2, 0.25) is 5.91 Å². The van der Waals surface area contributed by atoms with Crippen LogP contribution in [0.4, 0.5) is 5.13 Å². The fourth-order valence-corrected chi connectivity index (χ4v) is 3.00. The topological polar surface area (TPSA) is 62.5 Å². The van der Waals surface area contributed by atoms with E-state index in [-0.39, 0.29) is 11.9 Å². The summed E-state index contributed by atoms with van der Waals surface area (Å²) in [6.07, 6.45) is 1.33. The van der Waals surface area contributed by atoms with Gasteiger partial charge in [-0.3, -0.25) is 4.79 Å². The van der Waals surface area contributed by atoms with Gasteiger partial charge in [-0.2, -0.15) is 0 Å². The number of amides is 1. The molecule has 0 bridgehead atoms. The molecule has 1 atom stereocenters. The summed E-state index contributed by atoms with van der Waals surface area (Å²) in [5, 5.41) is 3.13. The Bertz CT molecular complexity index is 424. The number of nitrogens with zero attached hydrogens (tertiary/aromatic N) is 3. The van der Waals surface area contributed by atoms with Crippen LogP contribution < -0.4 is 10.6 Å². The molecule has 1 aromatic heterocycles. The summed E-state index contributed by atoms with van der Waals surface area (Å²) in [6.45, 7) is 7.27. The number of rotatable bonds is 4. The molecule has 1 fully saturated rings. The Morgan fingerprint density at radius 2 is 2.16 bits per heavy atom. The predicted molar refractivity (Wildman–Crippen MR) is 78.5 cm³/mol. The summed E-state index contributed by atoms with van der Waals surface area (Å²) in [5.41, 5.74) is 6.75. The van der Waals surface area contributed by atoms with Crippen LogP contribution >= 0.6 is 11.3 Å². The van der Waals surface area contributed by atoms with E-state index in [9.17, 15) is 4.79 Å². The average molecular weight is 282 g/mol. The third-order valence-electron chi connectivity index (χ3n) is 3.32. The van der Waals surface area contributed by atoms with Crippen LogP contribution in [0.5, 0.6) is 0 Å². The van der Waals surface area contributed by atoms with Gasteiger partial charge in [0.15, 0.2) is 5.13 Å². The number of hydrogen-bond acceptors (Lipinski definition) is 5. The van der Waals surface area contributed by atoms with Gasteiger partial charge < -0.3 is 15.5 Å². The van der Waals surface area contributed by atoms with E-state index in [0.29, 0.717) is 6.42 Å². The van der Waals surface area contributed by atoms with Crippen molar-refractivity contribution in [1.29, 1.82) is 0 Å². The van der Waals surface area contributed by atoms with E-state index in [2.05, 4.69) is 15.3 Å². The molecule has 0 aliphatic carbocycles. The normalized spacial score (nSPS) is 17.6. The monoisotopic (exact) mass is 282 g/mol. The molecule has 1 aliphatic heterocycles. The summed E-state index contributed by atoms with van der Waals surface area (Å²) >= 11 is 1.67. The van der Waals surface area contributed by atoms with Crippen molar-refractivity contribution in [3.05, 3.63) is 11.1 Å². The Hall–Kier alpha value is -1.14. The number of carbonyl (C=O) groups excluding carboxylic acids is 1. The second-order valence-electron chi connectivity index (χ2n) is 5.16. The fraction of sp³-hybridized carbons (Fsp3) is 0.692. The maximum absolute atomic E-state index is 12.0. The zero-order chi connectivity index (χ0) is 13.8. The van der Waals surface area contributed by atoms with Gasteiger partial charge in [0.25, 0.3) is 0 Å². The molecule has 0 aromatic carbocycles. The van der Waals surface area contributed by atoms with E-state index in [1.165, 1.54) is 0 Å².